The van der Waals surface area contributed by atoms with Crippen LogP contribution in [0.3, 0.4) is 0 Å². The van der Waals surface area contributed by atoms with Gasteiger partial charge in [-0.15, -0.1) is 0 Å². The number of sulfonamides is 1. The zero-order chi connectivity index (χ0) is 17.7. The van der Waals surface area contributed by atoms with Gasteiger partial charge in [0.1, 0.15) is 10.6 Å². The van der Waals surface area contributed by atoms with Crippen molar-refractivity contribution in [3.8, 4) is 5.75 Å². The van der Waals surface area contributed by atoms with Gasteiger partial charge >= 0.3 is 0 Å². The van der Waals surface area contributed by atoms with Crippen LogP contribution >= 0.6 is 0 Å². The number of nitrogens with one attached hydrogen (secondary N) is 1. The van der Waals surface area contributed by atoms with Gasteiger partial charge in [0.2, 0.25) is 10.0 Å². The summed E-state index contributed by atoms with van der Waals surface area (Å²) in [6, 6.07) is 9.68. The van der Waals surface area contributed by atoms with Crippen LogP contribution in [0.2, 0.25) is 0 Å². The number of rotatable bonds is 6. The Kier molecular flexibility index (Phi) is 5.53. The van der Waals surface area contributed by atoms with Gasteiger partial charge in [-0.1, -0.05) is 6.07 Å². The number of pyridine rings is 1. The Morgan fingerprint density at radius 1 is 1.25 bits per heavy atom. The molecule has 128 valence electrons. The Morgan fingerprint density at radius 2 is 2.00 bits per heavy atom. The summed E-state index contributed by atoms with van der Waals surface area (Å²) in [5, 5.41) is 2.71. The van der Waals surface area contributed by atoms with Gasteiger partial charge in [0.05, 0.1) is 19.3 Å². The topological polar surface area (TPSA) is 88.6 Å². The Hall–Kier alpha value is -2.45. The molecule has 2 rings (SSSR count). The van der Waals surface area contributed by atoms with Gasteiger partial charge in [-0.3, -0.25) is 9.78 Å². The van der Waals surface area contributed by atoms with E-state index in [0.717, 1.165) is 4.31 Å². The molecule has 0 aliphatic rings. The van der Waals surface area contributed by atoms with Crippen LogP contribution < -0.4 is 10.1 Å². The maximum Gasteiger partial charge on any atom is 0.251 e. The van der Waals surface area contributed by atoms with Crippen LogP contribution in [-0.4, -0.2) is 44.8 Å². The first kappa shape index (κ1) is 17.9. The van der Waals surface area contributed by atoms with Crippen molar-refractivity contribution in [3.63, 3.8) is 0 Å². The number of carbonyl (C=O) groups is 1. The number of benzene rings is 1. The highest BCUT2D eigenvalue weighted by molar-refractivity contribution is 7.89. The molecule has 1 amide bonds. The zero-order valence-electron chi connectivity index (χ0n) is 13.7. The lowest BCUT2D eigenvalue weighted by Gasteiger charge is -2.15. The highest BCUT2D eigenvalue weighted by Crippen LogP contribution is 2.26. The Labute approximate surface area is 141 Å². The number of hydrogen-bond donors (Lipinski definition) is 1. The summed E-state index contributed by atoms with van der Waals surface area (Å²) in [6.07, 6.45) is 1.64. The van der Waals surface area contributed by atoms with Crippen LogP contribution in [0.4, 0.5) is 0 Å². The minimum absolute atomic E-state index is 0.0551. The Bertz CT molecular complexity index is 820. The quantitative estimate of drug-likeness (QED) is 0.848. The number of hydrogen-bond acceptors (Lipinski definition) is 5. The predicted octanol–water partition coefficient (Wildman–Crippen LogP) is 1.27. The van der Waals surface area contributed by atoms with Gasteiger partial charge in [0, 0.05) is 25.9 Å². The molecule has 24 heavy (non-hydrogen) atoms. The SMILES string of the molecule is COc1ccc(C(=O)NCc2ccccn2)cc1S(=O)(=O)N(C)C. The third kappa shape index (κ3) is 3.90. The monoisotopic (exact) mass is 349 g/mol. The number of carbonyl (C=O) groups excluding carboxylic acids is 1. The molecule has 0 saturated heterocycles. The number of amides is 1. The molecule has 7 nitrogen and oxygen atoms in total. The van der Waals surface area contributed by atoms with Crippen LogP contribution in [-0.2, 0) is 16.6 Å². The molecule has 8 heteroatoms. The van der Waals surface area contributed by atoms with E-state index in [4.69, 9.17) is 4.74 Å². The average Bonchev–Trinajstić information content (AvgIpc) is 2.59. The maximum absolute atomic E-state index is 12.4. The highest BCUT2D eigenvalue weighted by Gasteiger charge is 2.23. The normalized spacial score (nSPS) is 11.3. The van der Waals surface area contributed by atoms with E-state index in [1.807, 2.05) is 6.07 Å². The van der Waals surface area contributed by atoms with E-state index in [-0.39, 0.29) is 22.8 Å². The first-order valence-electron chi connectivity index (χ1n) is 7.15. The molecule has 0 fully saturated rings. The van der Waals surface area contributed by atoms with Crippen LogP contribution in [0, 0.1) is 0 Å². The van der Waals surface area contributed by atoms with Crippen molar-refractivity contribution in [2.24, 2.45) is 0 Å². The summed E-state index contributed by atoms with van der Waals surface area (Å²) >= 11 is 0. The van der Waals surface area contributed by atoms with Crippen molar-refractivity contribution in [1.82, 2.24) is 14.6 Å². The van der Waals surface area contributed by atoms with Crippen LogP contribution in [0.5, 0.6) is 5.75 Å². The summed E-state index contributed by atoms with van der Waals surface area (Å²) in [5.74, 6) is -0.205. The number of methoxy groups -OCH3 is 1. The minimum Gasteiger partial charge on any atom is -0.495 e. The molecule has 0 radical (unpaired) electrons. The molecule has 0 unspecified atom stereocenters. The van der Waals surface area contributed by atoms with Gasteiger partial charge < -0.3 is 10.1 Å². The highest BCUT2D eigenvalue weighted by atomic mass is 32.2. The molecule has 0 bridgehead atoms. The third-order valence-corrected chi connectivity index (χ3v) is 5.18. The van der Waals surface area contributed by atoms with Gasteiger partial charge in [-0.2, -0.15) is 0 Å². The van der Waals surface area contributed by atoms with Crippen LogP contribution in [0.25, 0.3) is 0 Å². The predicted molar refractivity (Wildman–Crippen MR) is 89.3 cm³/mol. The fraction of sp³-hybridized carbons (Fsp3) is 0.250. The molecule has 1 aromatic heterocycles. The van der Waals surface area contributed by atoms with Crippen molar-refractivity contribution in [2.45, 2.75) is 11.4 Å². The van der Waals surface area contributed by atoms with E-state index in [9.17, 15) is 13.2 Å². The van der Waals surface area contributed by atoms with Crippen molar-refractivity contribution in [3.05, 3.63) is 53.9 Å². The zero-order valence-corrected chi connectivity index (χ0v) is 14.5. The number of aromatic nitrogens is 1. The van der Waals surface area contributed by atoms with Crippen LogP contribution in [0.1, 0.15) is 16.1 Å². The lowest BCUT2D eigenvalue weighted by molar-refractivity contribution is 0.0950. The molecule has 2 aromatic rings. The van der Waals surface area contributed by atoms with E-state index in [2.05, 4.69) is 10.3 Å². The summed E-state index contributed by atoms with van der Waals surface area (Å²) in [6.45, 7) is 0.251. The third-order valence-electron chi connectivity index (χ3n) is 3.34. The first-order chi connectivity index (χ1) is 11.4. The molecule has 0 aliphatic carbocycles. The van der Waals surface area contributed by atoms with Gasteiger partial charge in [0.25, 0.3) is 5.91 Å². The standard InChI is InChI=1S/C16H19N3O4S/c1-19(2)24(21,22)15-10-12(7-8-14(15)23-3)16(20)18-11-13-6-4-5-9-17-13/h4-10H,11H2,1-3H3,(H,18,20). The molecule has 0 atom stereocenters. The van der Waals surface area contributed by atoms with E-state index in [0.29, 0.717) is 5.69 Å². The van der Waals surface area contributed by atoms with Crippen LogP contribution in [0.15, 0.2) is 47.5 Å². The number of ether oxygens (including phenoxy) is 1. The molecule has 0 spiro atoms. The fourth-order valence-corrected chi connectivity index (χ4v) is 3.07. The molecule has 0 saturated carbocycles. The van der Waals surface area contributed by atoms with E-state index in [1.54, 1.807) is 18.3 Å². The van der Waals surface area contributed by atoms with Gasteiger partial charge in [-0.25, -0.2) is 12.7 Å². The average molecular weight is 349 g/mol. The molecular weight excluding hydrogens is 330 g/mol. The largest absolute Gasteiger partial charge is 0.495 e. The Morgan fingerprint density at radius 3 is 2.58 bits per heavy atom. The maximum atomic E-state index is 12.4. The summed E-state index contributed by atoms with van der Waals surface area (Å²) in [5.41, 5.74) is 0.938. The van der Waals surface area contributed by atoms with Crippen molar-refractivity contribution in [1.29, 1.82) is 0 Å². The molecule has 1 aromatic carbocycles. The van der Waals surface area contributed by atoms with Gasteiger partial charge in [0.15, 0.2) is 0 Å². The second-order valence-corrected chi connectivity index (χ2v) is 7.28. The second kappa shape index (κ2) is 7.41. The molecular formula is C16H19N3O4S. The number of nitrogens with zero attached hydrogens (tertiary/aromatic N) is 2. The summed E-state index contributed by atoms with van der Waals surface area (Å²) in [7, 11) is 0.491. The van der Waals surface area contributed by atoms with Gasteiger partial charge in [-0.05, 0) is 30.3 Å². The summed E-state index contributed by atoms with van der Waals surface area (Å²) in [4.78, 5) is 16.3. The minimum atomic E-state index is -3.73. The lowest BCUT2D eigenvalue weighted by atomic mass is 10.2. The van der Waals surface area contributed by atoms with Crippen molar-refractivity contribution >= 4 is 15.9 Å². The van der Waals surface area contributed by atoms with E-state index >= 15 is 0 Å². The Balaban J connectivity index is 2.26. The van der Waals surface area contributed by atoms with E-state index in [1.165, 1.54) is 39.4 Å². The molecule has 0 aliphatic heterocycles. The molecule has 1 N–H and O–H groups in total. The first-order valence-corrected chi connectivity index (χ1v) is 8.59. The van der Waals surface area contributed by atoms with E-state index < -0.39 is 15.9 Å². The van der Waals surface area contributed by atoms with Crippen molar-refractivity contribution in [2.75, 3.05) is 21.2 Å². The lowest BCUT2D eigenvalue weighted by Crippen LogP contribution is -2.25. The smallest absolute Gasteiger partial charge is 0.251 e. The fourth-order valence-electron chi connectivity index (χ4n) is 1.99. The summed E-state index contributed by atoms with van der Waals surface area (Å²) < 4.78 is 30.9. The molecule has 1 heterocycles. The second-order valence-electron chi connectivity index (χ2n) is 5.16. The van der Waals surface area contributed by atoms with Crippen molar-refractivity contribution < 1.29 is 17.9 Å².